The molecule has 0 unspecified atom stereocenters. The summed E-state index contributed by atoms with van der Waals surface area (Å²) in [6, 6.07) is 4.85. The van der Waals surface area contributed by atoms with Gasteiger partial charge in [-0.05, 0) is 56.4 Å². The van der Waals surface area contributed by atoms with E-state index >= 15 is 0 Å². The minimum atomic E-state index is -4.33. The number of halogens is 4. The molecule has 0 bridgehead atoms. The van der Waals surface area contributed by atoms with Crippen molar-refractivity contribution in [2.24, 2.45) is 10.9 Å². The van der Waals surface area contributed by atoms with Gasteiger partial charge >= 0.3 is 6.18 Å². The lowest BCUT2D eigenvalue weighted by molar-refractivity contribution is -0.137. The summed E-state index contributed by atoms with van der Waals surface area (Å²) in [5, 5.41) is 3.25. The van der Waals surface area contributed by atoms with E-state index in [1.54, 1.807) is 0 Å². The van der Waals surface area contributed by atoms with Gasteiger partial charge in [0.1, 0.15) is 6.54 Å². The molecule has 0 aromatic heterocycles. The zero-order chi connectivity index (χ0) is 20.4. The number of nitrogens with zero attached hydrogens (tertiary/aromatic N) is 2. The lowest BCUT2D eigenvalue weighted by atomic mass is 9.96. The number of alkyl halides is 3. The van der Waals surface area contributed by atoms with Gasteiger partial charge in [-0.25, -0.2) is 4.99 Å². The van der Waals surface area contributed by atoms with Crippen LogP contribution in [0.15, 0.2) is 29.3 Å². The number of hydrogen-bond acceptors (Lipinski definition) is 2. The van der Waals surface area contributed by atoms with E-state index in [-0.39, 0.29) is 30.5 Å². The molecule has 0 amide bonds. The first-order valence-electron chi connectivity index (χ1n) is 9.63. The van der Waals surface area contributed by atoms with Crippen molar-refractivity contribution < 1.29 is 17.9 Å². The Hall–Kier alpha value is -1.47. The van der Waals surface area contributed by atoms with Crippen LogP contribution < -0.4 is 5.32 Å². The molecule has 162 valence electrons. The molecule has 2 rings (SSSR count). The second-order valence-corrected chi connectivity index (χ2v) is 6.81. The first-order chi connectivity index (χ1) is 13.4. The minimum Gasteiger partial charge on any atom is -0.381 e. The maximum atomic E-state index is 12.6. The Morgan fingerprint density at radius 1 is 1.24 bits per heavy atom. The van der Waals surface area contributed by atoms with Crippen LogP contribution in [0.25, 0.3) is 0 Å². The van der Waals surface area contributed by atoms with Crippen molar-refractivity contribution in [3.8, 4) is 11.8 Å². The number of benzene rings is 1. The highest BCUT2D eigenvalue weighted by atomic mass is 127. The van der Waals surface area contributed by atoms with Gasteiger partial charge in [0, 0.05) is 38.9 Å². The number of hydrogen-bond donors (Lipinski definition) is 1. The highest BCUT2D eigenvalue weighted by molar-refractivity contribution is 14.0. The fourth-order valence-corrected chi connectivity index (χ4v) is 2.99. The number of ether oxygens (including phenoxy) is 1. The largest absolute Gasteiger partial charge is 0.416 e. The van der Waals surface area contributed by atoms with E-state index < -0.39 is 11.7 Å². The van der Waals surface area contributed by atoms with Crippen molar-refractivity contribution in [1.82, 2.24) is 10.2 Å². The van der Waals surface area contributed by atoms with Crippen molar-refractivity contribution in [2.75, 3.05) is 39.9 Å². The third kappa shape index (κ3) is 9.26. The summed E-state index contributed by atoms with van der Waals surface area (Å²) >= 11 is 0. The fourth-order valence-electron chi connectivity index (χ4n) is 2.99. The molecule has 0 atom stereocenters. The Morgan fingerprint density at radius 3 is 2.48 bits per heavy atom. The Morgan fingerprint density at radius 2 is 1.90 bits per heavy atom. The van der Waals surface area contributed by atoms with Gasteiger partial charge in [0.05, 0.1) is 5.56 Å². The Balaban J connectivity index is 0.00000420. The zero-order valence-corrected chi connectivity index (χ0v) is 19.2. The molecule has 0 spiro atoms. The molecule has 1 aromatic carbocycles. The molecule has 0 saturated carbocycles. The van der Waals surface area contributed by atoms with Crippen LogP contribution in [0.2, 0.25) is 0 Å². The first-order valence-corrected chi connectivity index (χ1v) is 9.63. The van der Waals surface area contributed by atoms with Crippen LogP contribution in [0, 0.1) is 17.8 Å². The Labute approximate surface area is 188 Å². The summed E-state index contributed by atoms with van der Waals surface area (Å²) < 4.78 is 43.1. The average molecular weight is 523 g/mol. The Bertz CT molecular complexity index is 690. The summed E-state index contributed by atoms with van der Waals surface area (Å²) in [4.78, 5) is 6.60. The fraction of sp³-hybridized carbons (Fsp3) is 0.571. The van der Waals surface area contributed by atoms with E-state index in [1.165, 1.54) is 12.1 Å². The smallest absolute Gasteiger partial charge is 0.381 e. The average Bonchev–Trinajstić information content (AvgIpc) is 2.69. The van der Waals surface area contributed by atoms with E-state index in [4.69, 9.17) is 4.74 Å². The predicted molar refractivity (Wildman–Crippen MR) is 121 cm³/mol. The molecule has 29 heavy (non-hydrogen) atoms. The molecular formula is C21H29F3IN3O. The van der Waals surface area contributed by atoms with Gasteiger partial charge in [-0.2, -0.15) is 13.2 Å². The van der Waals surface area contributed by atoms with Gasteiger partial charge in [-0.3, -0.25) is 0 Å². The molecule has 1 fully saturated rings. The second-order valence-electron chi connectivity index (χ2n) is 6.81. The second kappa shape index (κ2) is 13.0. The highest BCUT2D eigenvalue weighted by Crippen LogP contribution is 2.28. The van der Waals surface area contributed by atoms with Gasteiger partial charge in [0.2, 0.25) is 0 Å². The van der Waals surface area contributed by atoms with Crippen molar-refractivity contribution in [3.05, 3.63) is 35.4 Å². The van der Waals surface area contributed by atoms with Gasteiger partial charge in [-0.1, -0.05) is 11.8 Å². The standard InChI is InChI=1S/C21H28F3N3O.HI/c1-3-25-20(27(2)14-10-18-11-15-28-16-12-18)26-13-4-5-17-6-8-19(9-7-17)21(22,23)24;/h6-9,18H,3,10-16H2,1-2H3,(H,25,26);1H. The Kier molecular flexibility index (Phi) is 11.4. The van der Waals surface area contributed by atoms with E-state index in [1.807, 2.05) is 14.0 Å². The molecule has 1 aliphatic heterocycles. The molecule has 1 saturated heterocycles. The van der Waals surface area contributed by atoms with Crippen LogP contribution in [0.5, 0.6) is 0 Å². The lowest BCUT2D eigenvalue weighted by Crippen LogP contribution is -2.40. The summed E-state index contributed by atoms with van der Waals surface area (Å²) in [6.07, 6.45) is -1.01. The van der Waals surface area contributed by atoms with Gasteiger partial charge in [-0.15, -0.1) is 24.0 Å². The molecule has 1 N–H and O–H groups in total. The third-order valence-corrected chi connectivity index (χ3v) is 4.66. The van der Waals surface area contributed by atoms with Crippen LogP contribution in [0.3, 0.4) is 0 Å². The van der Waals surface area contributed by atoms with Gasteiger partial charge in [0.25, 0.3) is 0 Å². The summed E-state index contributed by atoms with van der Waals surface area (Å²) in [5.41, 5.74) is -0.127. The van der Waals surface area contributed by atoms with Crippen LogP contribution in [0.1, 0.15) is 37.3 Å². The number of aliphatic imine (C=N–C) groups is 1. The molecular weight excluding hydrogens is 494 g/mol. The molecule has 1 aromatic rings. The quantitative estimate of drug-likeness (QED) is 0.269. The number of rotatable bonds is 5. The summed E-state index contributed by atoms with van der Waals surface area (Å²) in [6.45, 7) is 5.65. The topological polar surface area (TPSA) is 36.9 Å². The maximum Gasteiger partial charge on any atom is 0.416 e. The van der Waals surface area contributed by atoms with Crippen LogP contribution in [0.4, 0.5) is 13.2 Å². The SMILES string of the molecule is CCNC(=NCC#Cc1ccc(C(F)(F)F)cc1)N(C)CCC1CCOCC1.I. The van der Waals surface area contributed by atoms with Crippen LogP contribution in [-0.4, -0.2) is 50.8 Å². The lowest BCUT2D eigenvalue weighted by Gasteiger charge is -2.26. The molecule has 0 radical (unpaired) electrons. The maximum absolute atomic E-state index is 12.6. The molecule has 1 heterocycles. The monoisotopic (exact) mass is 523 g/mol. The first kappa shape index (κ1) is 25.6. The van der Waals surface area contributed by atoms with Crippen molar-refractivity contribution >= 4 is 29.9 Å². The number of nitrogens with one attached hydrogen (secondary N) is 1. The van der Waals surface area contributed by atoms with E-state index in [0.717, 1.165) is 63.7 Å². The molecule has 4 nitrogen and oxygen atoms in total. The van der Waals surface area contributed by atoms with Crippen LogP contribution >= 0.6 is 24.0 Å². The summed E-state index contributed by atoms with van der Waals surface area (Å²) in [7, 11) is 2.00. The number of guanidine groups is 1. The molecule has 8 heteroatoms. The normalized spacial score (nSPS) is 15.1. The van der Waals surface area contributed by atoms with Crippen molar-refractivity contribution in [2.45, 2.75) is 32.4 Å². The van der Waals surface area contributed by atoms with Gasteiger partial charge in [0.15, 0.2) is 5.96 Å². The molecule has 0 aliphatic carbocycles. The van der Waals surface area contributed by atoms with Gasteiger partial charge < -0.3 is 15.0 Å². The predicted octanol–water partition coefficient (Wildman–Crippen LogP) is 4.39. The van der Waals surface area contributed by atoms with E-state index in [0.29, 0.717) is 11.5 Å². The minimum absolute atomic E-state index is 0. The third-order valence-electron chi connectivity index (χ3n) is 4.66. The zero-order valence-electron chi connectivity index (χ0n) is 16.9. The molecule has 1 aliphatic rings. The van der Waals surface area contributed by atoms with E-state index in [2.05, 4.69) is 27.0 Å². The van der Waals surface area contributed by atoms with E-state index in [9.17, 15) is 13.2 Å². The summed E-state index contributed by atoms with van der Waals surface area (Å²) in [5.74, 6) is 7.25. The highest BCUT2D eigenvalue weighted by Gasteiger charge is 2.29. The van der Waals surface area contributed by atoms with Crippen LogP contribution in [-0.2, 0) is 10.9 Å². The van der Waals surface area contributed by atoms with Crippen molar-refractivity contribution in [1.29, 1.82) is 0 Å². The van der Waals surface area contributed by atoms with Crippen molar-refractivity contribution in [3.63, 3.8) is 0 Å².